The zero-order chi connectivity index (χ0) is 27.7. The van der Waals surface area contributed by atoms with Crippen LogP contribution in [-0.2, 0) is 20.9 Å². The second-order valence-corrected chi connectivity index (χ2v) is 9.57. The molecule has 3 aromatic rings. The normalized spacial score (nSPS) is 15.3. The molecule has 0 bridgehead atoms. The molecule has 1 aromatic heterocycles. The number of methoxy groups -OCH3 is 1. The molecule has 0 saturated heterocycles. The number of aromatic hydroxyl groups is 3. The summed E-state index contributed by atoms with van der Waals surface area (Å²) in [5, 5.41) is 33.6. The van der Waals surface area contributed by atoms with Gasteiger partial charge in [-0.1, -0.05) is 12.1 Å². The topological polar surface area (TPSA) is 135 Å². The fourth-order valence-corrected chi connectivity index (χ4v) is 4.75. The summed E-state index contributed by atoms with van der Waals surface area (Å²) in [5.41, 5.74) is 2.15. The Morgan fingerprint density at radius 1 is 1.11 bits per heavy atom. The predicted octanol–water partition coefficient (Wildman–Crippen LogP) is 4.81. The van der Waals surface area contributed by atoms with Crippen molar-refractivity contribution in [1.82, 2.24) is 4.98 Å². The van der Waals surface area contributed by atoms with Gasteiger partial charge in [-0.05, 0) is 51.5 Å². The number of Topliss-reactive ketones (excluding diaryl/α,β-unsaturated/α-hetero) is 1. The molecule has 0 spiro atoms. The third-order valence-corrected chi connectivity index (χ3v) is 6.63. The molecule has 38 heavy (non-hydrogen) atoms. The van der Waals surface area contributed by atoms with Crippen LogP contribution in [0.4, 0.5) is 0 Å². The Balaban J connectivity index is 1.93. The minimum absolute atomic E-state index is 0.0158. The van der Waals surface area contributed by atoms with Crippen LogP contribution in [0, 0.1) is 6.92 Å². The first kappa shape index (κ1) is 26.9. The molecule has 9 nitrogen and oxygen atoms in total. The number of phenols is 2. The van der Waals surface area contributed by atoms with Crippen molar-refractivity contribution in [1.29, 1.82) is 0 Å². The van der Waals surface area contributed by atoms with Crippen molar-refractivity contribution < 1.29 is 39.1 Å². The van der Waals surface area contributed by atoms with Gasteiger partial charge in [-0.15, -0.1) is 0 Å². The van der Waals surface area contributed by atoms with Gasteiger partial charge in [-0.25, -0.2) is 0 Å². The van der Waals surface area contributed by atoms with Gasteiger partial charge in [-0.2, -0.15) is 0 Å². The molecule has 0 saturated carbocycles. The van der Waals surface area contributed by atoms with E-state index < -0.39 is 29.5 Å². The van der Waals surface area contributed by atoms with Crippen LogP contribution < -0.4 is 4.74 Å². The maximum absolute atomic E-state index is 12.6. The smallest absolute Gasteiger partial charge is 0.306 e. The first-order valence-electron chi connectivity index (χ1n) is 12.2. The molecular weight excluding hydrogens is 490 g/mol. The van der Waals surface area contributed by atoms with E-state index in [1.165, 1.54) is 20.1 Å². The minimum Gasteiger partial charge on any atom is -0.507 e. The molecule has 1 aliphatic heterocycles. The van der Waals surface area contributed by atoms with Gasteiger partial charge in [-0.3, -0.25) is 14.6 Å². The molecule has 2 heterocycles. The zero-order valence-electron chi connectivity index (χ0n) is 21.9. The molecule has 9 heteroatoms. The number of aryl methyl sites for hydroxylation is 1. The number of carbonyl (C=O) groups is 2. The Labute approximate surface area is 220 Å². The summed E-state index contributed by atoms with van der Waals surface area (Å²) in [4.78, 5) is 29.2. The molecule has 0 radical (unpaired) electrons. The third kappa shape index (κ3) is 5.02. The zero-order valence-corrected chi connectivity index (χ0v) is 21.9. The summed E-state index contributed by atoms with van der Waals surface area (Å²) < 4.78 is 16.6. The number of esters is 1. The number of fused-ring (bicyclic) bond motifs is 1. The van der Waals surface area contributed by atoms with Crippen LogP contribution in [0.3, 0.4) is 0 Å². The molecule has 0 fully saturated rings. The highest BCUT2D eigenvalue weighted by Gasteiger charge is 2.36. The van der Waals surface area contributed by atoms with Crippen molar-refractivity contribution in [2.45, 2.75) is 58.8 Å². The van der Waals surface area contributed by atoms with Gasteiger partial charge >= 0.3 is 5.97 Å². The van der Waals surface area contributed by atoms with Gasteiger partial charge in [0.1, 0.15) is 29.1 Å². The molecule has 200 valence electrons. The Kier molecular flexibility index (Phi) is 7.59. The lowest BCUT2D eigenvalue weighted by Crippen LogP contribution is -2.14. The van der Waals surface area contributed by atoms with Crippen LogP contribution in [0.5, 0.6) is 23.0 Å². The molecule has 0 aliphatic carbocycles. The van der Waals surface area contributed by atoms with E-state index in [0.29, 0.717) is 28.1 Å². The third-order valence-electron chi connectivity index (χ3n) is 6.63. The van der Waals surface area contributed by atoms with Crippen molar-refractivity contribution in [2.24, 2.45) is 0 Å². The van der Waals surface area contributed by atoms with E-state index in [1.807, 2.05) is 13.8 Å². The van der Waals surface area contributed by atoms with Crippen molar-refractivity contribution in [3.63, 3.8) is 0 Å². The average molecular weight is 522 g/mol. The lowest BCUT2D eigenvalue weighted by molar-refractivity contribution is -0.140. The van der Waals surface area contributed by atoms with E-state index in [-0.39, 0.29) is 47.3 Å². The van der Waals surface area contributed by atoms with Crippen LogP contribution in [-0.4, -0.2) is 45.3 Å². The summed E-state index contributed by atoms with van der Waals surface area (Å²) in [6, 6.07) is 8.28. The average Bonchev–Trinajstić information content (AvgIpc) is 3.30. The van der Waals surface area contributed by atoms with Crippen LogP contribution >= 0.6 is 0 Å². The number of carbonyl (C=O) groups excluding carboxylic acids is 2. The Hall–Kier alpha value is -4.11. The van der Waals surface area contributed by atoms with Crippen molar-refractivity contribution in [2.75, 3.05) is 7.11 Å². The minimum atomic E-state index is -0.926. The van der Waals surface area contributed by atoms with Crippen LogP contribution in [0.2, 0.25) is 0 Å². The van der Waals surface area contributed by atoms with Crippen LogP contribution in [0.15, 0.2) is 36.5 Å². The number of pyridine rings is 1. The van der Waals surface area contributed by atoms with Crippen molar-refractivity contribution in [3.05, 3.63) is 75.6 Å². The van der Waals surface area contributed by atoms with E-state index in [4.69, 9.17) is 14.2 Å². The Morgan fingerprint density at radius 3 is 2.39 bits per heavy atom. The number of hydrogen-bond donors (Lipinski definition) is 3. The molecule has 4 rings (SSSR count). The standard InChI is InChI=1S/C29H31NO8/c1-14(2)38-19-8-6-17(7-9-19)21(11-23(32)36-5)25-27(34)20(16(4)31)10-22(28(25)35)29-24-18(13-37-29)12-30-15(3)26(24)33/h6-10,12,14,21,29,33-35H,11,13H2,1-5H3/t21-,29-/m1/s1. The van der Waals surface area contributed by atoms with E-state index in [1.54, 1.807) is 37.4 Å². The van der Waals surface area contributed by atoms with E-state index >= 15 is 0 Å². The highest BCUT2D eigenvalue weighted by atomic mass is 16.5. The van der Waals surface area contributed by atoms with Gasteiger partial charge in [0.2, 0.25) is 0 Å². The van der Waals surface area contributed by atoms with Crippen LogP contribution in [0.25, 0.3) is 0 Å². The SMILES string of the molecule is COC(=O)C[C@H](c1ccc(OC(C)C)cc1)c1c(O)c(C(C)=O)cc([C@H]2OCc3cnc(C)c(O)c32)c1O. The van der Waals surface area contributed by atoms with Crippen molar-refractivity contribution >= 4 is 11.8 Å². The number of aromatic nitrogens is 1. The van der Waals surface area contributed by atoms with Gasteiger partial charge in [0, 0.05) is 34.4 Å². The lowest BCUT2D eigenvalue weighted by atomic mass is 9.83. The molecular formula is C29H31NO8. The second-order valence-electron chi connectivity index (χ2n) is 9.57. The summed E-state index contributed by atoms with van der Waals surface area (Å²) in [6.07, 6.45) is 0.401. The molecule has 2 atom stereocenters. The number of hydrogen-bond acceptors (Lipinski definition) is 9. The fourth-order valence-electron chi connectivity index (χ4n) is 4.75. The summed E-state index contributed by atoms with van der Waals surface area (Å²) in [5.74, 6) is -2.15. The van der Waals surface area contributed by atoms with Gasteiger partial charge in [0.25, 0.3) is 0 Å². The predicted molar refractivity (Wildman–Crippen MR) is 138 cm³/mol. The highest BCUT2D eigenvalue weighted by Crippen LogP contribution is 2.50. The largest absolute Gasteiger partial charge is 0.507 e. The highest BCUT2D eigenvalue weighted by molar-refractivity contribution is 5.98. The molecule has 0 unspecified atom stereocenters. The number of benzene rings is 2. The number of ether oxygens (including phenoxy) is 3. The van der Waals surface area contributed by atoms with Gasteiger partial charge < -0.3 is 29.5 Å². The summed E-state index contributed by atoms with van der Waals surface area (Å²) >= 11 is 0. The first-order valence-corrected chi connectivity index (χ1v) is 12.2. The fraction of sp³-hybridized carbons (Fsp3) is 0.345. The summed E-state index contributed by atoms with van der Waals surface area (Å²) in [7, 11) is 1.25. The van der Waals surface area contributed by atoms with Crippen molar-refractivity contribution in [3.8, 4) is 23.0 Å². The van der Waals surface area contributed by atoms with E-state index in [0.717, 1.165) is 0 Å². The summed E-state index contributed by atoms with van der Waals surface area (Å²) in [6.45, 7) is 6.87. The Morgan fingerprint density at radius 2 is 1.79 bits per heavy atom. The van der Waals surface area contributed by atoms with Gasteiger partial charge in [0.15, 0.2) is 5.78 Å². The second kappa shape index (κ2) is 10.7. The quantitative estimate of drug-likeness (QED) is 0.282. The van der Waals surface area contributed by atoms with E-state index in [9.17, 15) is 24.9 Å². The maximum atomic E-state index is 12.6. The lowest BCUT2D eigenvalue weighted by Gasteiger charge is -2.25. The molecule has 0 amide bonds. The molecule has 1 aliphatic rings. The first-order chi connectivity index (χ1) is 18.0. The Bertz CT molecular complexity index is 1380. The molecule has 2 aromatic carbocycles. The number of nitrogens with zero attached hydrogens (tertiary/aromatic N) is 1. The van der Waals surface area contributed by atoms with Crippen LogP contribution in [0.1, 0.15) is 83.1 Å². The molecule has 3 N–H and O–H groups in total. The van der Waals surface area contributed by atoms with Gasteiger partial charge in [0.05, 0.1) is 37.5 Å². The number of phenolic OH excluding ortho intramolecular Hbond substituents is 2. The number of ketones is 1. The maximum Gasteiger partial charge on any atom is 0.306 e. The van der Waals surface area contributed by atoms with E-state index in [2.05, 4.69) is 4.98 Å². The number of rotatable bonds is 8. The monoisotopic (exact) mass is 521 g/mol.